The second kappa shape index (κ2) is 10.1. The predicted octanol–water partition coefficient (Wildman–Crippen LogP) is 4.23. The largest absolute Gasteiger partial charge is 0.381 e. The molecule has 1 saturated carbocycles. The molecule has 2 aromatic heterocycles. The number of aryl methyl sites for hydroxylation is 1. The molecule has 1 aromatic carbocycles. The van der Waals surface area contributed by atoms with E-state index in [0.29, 0.717) is 18.2 Å². The molecule has 7 heteroatoms. The molecule has 0 aliphatic heterocycles. The quantitative estimate of drug-likeness (QED) is 0.555. The maximum Gasteiger partial charge on any atom is 0.255 e. The van der Waals surface area contributed by atoms with Crippen LogP contribution < -0.4 is 10.6 Å². The molecule has 1 aliphatic rings. The number of nitrogens with zero attached hydrogens (tertiary/aromatic N) is 4. The van der Waals surface area contributed by atoms with Crippen molar-refractivity contribution in [3.8, 4) is 0 Å². The van der Waals surface area contributed by atoms with Crippen molar-refractivity contribution in [3.63, 3.8) is 0 Å². The smallest absolute Gasteiger partial charge is 0.255 e. The lowest BCUT2D eigenvalue weighted by Crippen LogP contribution is -2.36. The van der Waals surface area contributed by atoms with E-state index < -0.39 is 0 Å². The molecule has 1 unspecified atom stereocenters. The molecule has 0 bridgehead atoms. The third kappa shape index (κ3) is 4.93. The number of carbonyl (C=O) groups is 1. The number of amides is 1. The molecule has 0 saturated heterocycles. The van der Waals surface area contributed by atoms with Crippen LogP contribution in [0.2, 0.25) is 0 Å². The molecule has 3 aromatic rings. The first-order valence-electron chi connectivity index (χ1n) is 11.7. The fraction of sp³-hybridized carbons (Fsp3) is 0.480. The van der Waals surface area contributed by atoms with Crippen molar-refractivity contribution in [2.24, 2.45) is 0 Å². The fourth-order valence-electron chi connectivity index (χ4n) is 4.56. The average molecular weight is 435 g/mol. The molecule has 2 heterocycles. The van der Waals surface area contributed by atoms with Crippen LogP contribution in [-0.2, 0) is 6.54 Å². The van der Waals surface area contributed by atoms with E-state index in [-0.39, 0.29) is 11.9 Å². The van der Waals surface area contributed by atoms with Crippen LogP contribution in [0.25, 0.3) is 11.0 Å². The Balaban J connectivity index is 1.68. The number of rotatable bonds is 8. The summed E-state index contributed by atoms with van der Waals surface area (Å²) in [5.41, 5.74) is 3.34. The van der Waals surface area contributed by atoms with Gasteiger partial charge >= 0.3 is 0 Å². The Kier molecular flexibility index (Phi) is 7.05. The van der Waals surface area contributed by atoms with Crippen molar-refractivity contribution < 1.29 is 4.79 Å². The summed E-state index contributed by atoms with van der Waals surface area (Å²) in [7, 11) is 4.04. The zero-order chi connectivity index (χ0) is 22.5. The Morgan fingerprint density at radius 1 is 1.16 bits per heavy atom. The van der Waals surface area contributed by atoms with Crippen molar-refractivity contribution in [2.45, 2.75) is 57.7 Å². The van der Waals surface area contributed by atoms with Gasteiger partial charge in [0.05, 0.1) is 28.9 Å². The molecule has 1 fully saturated rings. The highest BCUT2D eigenvalue weighted by atomic mass is 16.1. The summed E-state index contributed by atoms with van der Waals surface area (Å²) >= 11 is 0. The maximum absolute atomic E-state index is 13.6. The van der Waals surface area contributed by atoms with Gasteiger partial charge < -0.3 is 15.5 Å². The Morgan fingerprint density at radius 2 is 1.91 bits per heavy atom. The van der Waals surface area contributed by atoms with Gasteiger partial charge in [0.1, 0.15) is 0 Å². The van der Waals surface area contributed by atoms with Crippen LogP contribution >= 0.6 is 0 Å². The number of hydrogen-bond donors (Lipinski definition) is 2. The molecule has 7 nitrogen and oxygen atoms in total. The normalized spacial score (nSPS) is 15.8. The summed E-state index contributed by atoms with van der Waals surface area (Å²) in [6.07, 6.45) is 9.52. The zero-order valence-corrected chi connectivity index (χ0v) is 19.3. The lowest BCUT2D eigenvalue weighted by atomic mass is 9.95. The van der Waals surface area contributed by atoms with Crippen LogP contribution in [0.5, 0.6) is 0 Å². The molecule has 1 amide bonds. The van der Waals surface area contributed by atoms with E-state index in [9.17, 15) is 4.79 Å². The van der Waals surface area contributed by atoms with Crippen LogP contribution in [0.1, 0.15) is 61.0 Å². The number of likely N-dealkylation sites (N-methyl/N-ethyl adjacent to an activating group) is 1. The SMILES string of the molecule is CCn1ncc2c(NC3CCCCC3)c(C(=O)NC(CN(C)C)c3ccccc3)cnc21. The standard InChI is InChI=1S/C25H34N6O/c1-4-31-24-20(16-27-31)23(28-19-13-9-6-10-14-19)21(15-26-24)25(32)29-22(17-30(2)3)18-11-7-5-8-12-18/h5,7-8,11-12,15-16,19,22H,4,6,9-10,13-14,17H2,1-3H3,(H,26,28)(H,29,32). The van der Waals surface area contributed by atoms with E-state index in [1.807, 2.05) is 43.2 Å². The van der Waals surface area contributed by atoms with Gasteiger partial charge in [-0.05, 0) is 39.4 Å². The Labute approximate surface area is 190 Å². The van der Waals surface area contributed by atoms with Gasteiger partial charge in [0.2, 0.25) is 0 Å². The number of hydrogen-bond acceptors (Lipinski definition) is 5. The molecule has 170 valence electrons. The van der Waals surface area contributed by atoms with E-state index in [2.05, 4.69) is 44.7 Å². The van der Waals surface area contributed by atoms with E-state index in [1.165, 1.54) is 19.3 Å². The highest BCUT2D eigenvalue weighted by Crippen LogP contribution is 2.30. The number of fused-ring (bicyclic) bond motifs is 1. The maximum atomic E-state index is 13.6. The van der Waals surface area contributed by atoms with Crippen LogP contribution in [0, 0.1) is 0 Å². The molecule has 4 rings (SSSR count). The van der Waals surface area contributed by atoms with Gasteiger partial charge in [0.25, 0.3) is 5.91 Å². The van der Waals surface area contributed by atoms with Crippen molar-refractivity contribution >= 4 is 22.6 Å². The first kappa shape index (κ1) is 22.3. The van der Waals surface area contributed by atoms with Crippen LogP contribution in [0.4, 0.5) is 5.69 Å². The predicted molar refractivity (Wildman–Crippen MR) is 129 cm³/mol. The van der Waals surface area contributed by atoms with Gasteiger partial charge in [-0.15, -0.1) is 0 Å². The Hall–Kier alpha value is -2.93. The first-order valence-corrected chi connectivity index (χ1v) is 11.7. The summed E-state index contributed by atoms with van der Waals surface area (Å²) in [6.45, 7) is 3.50. The number of benzene rings is 1. The van der Waals surface area contributed by atoms with Gasteiger partial charge in [0.15, 0.2) is 5.65 Å². The third-order valence-corrected chi connectivity index (χ3v) is 6.22. The molecular formula is C25H34N6O. The number of aromatic nitrogens is 3. The molecule has 0 spiro atoms. The third-order valence-electron chi connectivity index (χ3n) is 6.22. The van der Waals surface area contributed by atoms with Crippen LogP contribution in [0.3, 0.4) is 0 Å². The van der Waals surface area contributed by atoms with Gasteiger partial charge in [-0.25, -0.2) is 9.67 Å². The number of nitrogens with one attached hydrogen (secondary N) is 2. The number of pyridine rings is 1. The monoisotopic (exact) mass is 434 g/mol. The zero-order valence-electron chi connectivity index (χ0n) is 19.3. The van der Waals surface area contributed by atoms with Gasteiger partial charge in [0, 0.05) is 25.3 Å². The topological polar surface area (TPSA) is 75.1 Å². The minimum absolute atomic E-state index is 0.113. The summed E-state index contributed by atoms with van der Waals surface area (Å²) < 4.78 is 1.88. The van der Waals surface area contributed by atoms with E-state index >= 15 is 0 Å². The second-order valence-electron chi connectivity index (χ2n) is 8.92. The summed E-state index contributed by atoms with van der Waals surface area (Å²) in [4.78, 5) is 20.3. The van der Waals surface area contributed by atoms with E-state index in [1.54, 1.807) is 6.20 Å². The average Bonchev–Trinajstić information content (AvgIpc) is 3.23. The van der Waals surface area contributed by atoms with Crippen LogP contribution in [-0.4, -0.2) is 52.3 Å². The number of carbonyl (C=O) groups excluding carboxylic acids is 1. The summed E-state index contributed by atoms with van der Waals surface area (Å²) in [5.74, 6) is -0.113. The second-order valence-corrected chi connectivity index (χ2v) is 8.92. The summed E-state index contributed by atoms with van der Waals surface area (Å²) in [6, 6.07) is 10.4. The van der Waals surface area contributed by atoms with E-state index in [4.69, 9.17) is 0 Å². The van der Waals surface area contributed by atoms with E-state index in [0.717, 1.165) is 41.7 Å². The minimum Gasteiger partial charge on any atom is -0.381 e. The molecule has 0 radical (unpaired) electrons. The highest BCUT2D eigenvalue weighted by Gasteiger charge is 2.24. The Bertz CT molecular complexity index is 1040. The lowest BCUT2D eigenvalue weighted by molar-refractivity contribution is 0.0930. The Morgan fingerprint density at radius 3 is 2.59 bits per heavy atom. The molecule has 1 aliphatic carbocycles. The van der Waals surface area contributed by atoms with Crippen molar-refractivity contribution in [3.05, 3.63) is 53.9 Å². The lowest BCUT2D eigenvalue weighted by Gasteiger charge is -2.26. The molecule has 32 heavy (non-hydrogen) atoms. The summed E-state index contributed by atoms with van der Waals surface area (Å²) in [5, 5.41) is 12.4. The number of anilines is 1. The van der Waals surface area contributed by atoms with Crippen molar-refractivity contribution in [1.82, 2.24) is 25.0 Å². The molecular weight excluding hydrogens is 400 g/mol. The van der Waals surface area contributed by atoms with Crippen molar-refractivity contribution in [2.75, 3.05) is 26.0 Å². The minimum atomic E-state index is -0.115. The first-order chi connectivity index (χ1) is 15.6. The highest BCUT2D eigenvalue weighted by molar-refractivity contribution is 6.06. The van der Waals surface area contributed by atoms with Gasteiger partial charge in [-0.3, -0.25) is 4.79 Å². The fourth-order valence-corrected chi connectivity index (χ4v) is 4.56. The van der Waals surface area contributed by atoms with Gasteiger partial charge in [-0.2, -0.15) is 5.10 Å². The molecule has 1 atom stereocenters. The molecule has 2 N–H and O–H groups in total. The van der Waals surface area contributed by atoms with Crippen molar-refractivity contribution in [1.29, 1.82) is 0 Å². The van der Waals surface area contributed by atoms with Crippen LogP contribution in [0.15, 0.2) is 42.7 Å². The van der Waals surface area contributed by atoms with Gasteiger partial charge in [-0.1, -0.05) is 49.6 Å².